The van der Waals surface area contributed by atoms with Gasteiger partial charge in [0.2, 0.25) is 0 Å². The van der Waals surface area contributed by atoms with Crippen LogP contribution >= 0.6 is 23.2 Å². The molecule has 1 aliphatic rings. The predicted octanol–water partition coefficient (Wildman–Crippen LogP) is 4.12. The minimum Gasteiger partial charge on any atom is -0.446 e. The highest BCUT2D eigenvalue weighted by molar-refractivity contribution is 6.31. The van der Waals surface area contributed by atoms with E-state index >= 15 is 0 Å². The molecule has 1 fully saturated rings. The molecule has 1 aliphatic heterocycles. The number of halogens is 5. The second kappa shape index (κ2) is 8.34. The van der Waals surface area contributed by atoms with E-state index in [1.807, 2.05) is 0 Å². The minimum atomic E-state index is -3.13. The number of cyclic esters (lactones) is 1. The van der Waals surface area contributed by atoms with Gasteiger partial charge >= 0.3 is 12.7 Å². The Balaban J connectivity index is 1.91. The molecule has 2 heterocycles. The molecule has 1 atom stereocenters. The first-order chi connectivity index (χ1) is 13.7. The van der Waals surface area contributed by atoms with Gasteiger partial charge < -0.3 is 14.4 Å². The topological polar surface area (TPSA) is 72.0 Å². The molecule has 7 nitrogen and oxygen atoms in total. The van der Waals surface area contributed by atoms with Crippen LogP contribution in [0.2, 0.25) is 10.2 Å². The van der Waals surface area contributed by atoms with E-state index in [4.69, 9.17) is 27.9 Å². The molecule has 0 saturated carbocycles. The number of anilines is 2. The zero-order valence-electron chi connectivity index (χ0n) is 14.6. The first-order valence-electron chi connectivity index (χ1n) is 7.98. The van der Waals surface area contributed by atoms with Crippen LogP contribution in [0, 0.1) is 5.82 Å². The van der Waals surface area contributed by atoms with E-state index in [-0.39, 0.29) is 34.0 Å². The van der Waals surface area contributed by atoms with E-state index in [1.54, 1.807) is 0 Å². The van der Waals surface area contributed by atoms with Crippen molar-refractivity contribution in [1.29, 1.82) is 0 Å². The Labute approximate surface area is 172 Å². The van der Waals surface area contributed by atoms with Gasteiger partial charge in [0.25, 0.3) is 5.91 Å². The summed E-state index contributed by atoms with van der Waals surface area (Å²) >= 11 is 11.6. The molecule has 3 rings (SSSR count). The molecular formula is C17H12Cl2F3N3O4. The number of nitrogens with zero attached hydrogens (tertiary/aromatic N) is 3. The number of benzene rings is 1. The predicted molar refractivity (Wildman–Crippen MR) is 98.3 cm³/mol. The Bertz CT molecular complexity index is 964. The van der Waals surface area contributed by atoms with Gasteiger partial charge in [0.1, 0.15) is 29.1 Å². The quantitative estimate of drug-likeness (QED) is 0.642. The maximum atomic E-state index is 13.4. The lowest BCUT2D eigenvalue weighted by Gasteiger charge is -2.25. The van der Waals surface area contributed by atoms with Crippen molar-refractivity contribution in [2.24, 2.45) is 0 Å². The van der Waals surface area contributed by atoms with Crippen LogP contribution in [-0.2, 0) is 9.53 Å². The summed E-state index contributed by atoms with van der Waals surface area (Å²) in [5, 5.41) is -0.425. The standard InChI is InChI=1S/C17H12Cl2F3N3O4/c1-24(8-2-3-11(20)10(18)4-8)15(26)12-7-28-17(27)25(12)14-6-9(29-16(21)22)5-13(19)23-14/h2-6,12,16H,7H2,1H3/t12-/m0/s1. The van der Waals surface area contributed by atoms with Crippen LogP contribution in [0.15, 0.2) is 30.3 Å². The molecule has 1 saturated heterocycles. The Morgan fingerprint density at radius 2 is 2.07 bits per heavy atom. The first-order valence-corrected chi connectivity index (χ1v) is 8.74. The summed E-state index contributed by atoms with van der Waals surface area (Å²) in [6, 6.07) is 4.53. The zero-order chi connectivity index (χ0) is 21.3. The number of hydrogen-bond donors (Lipinski definition) is 0. The third-order valence-electron chi connectivity index (χ3n) is 4.01. The highest BCUT2D eigenvalue weighted by atomic mass is 35.5. The van der Waals surface area contributed by atoms with Crippen LogP contribution in [0.25, 0.3) is 0 Å². The minimum absolute atomic E-state index is 0.192. The van der Waals surface area contributed by atoms with Gasteiger partial charge in [0, 0.05) is 24.9 Å². The molecule has 1 aromatic carbocycles. The Morgan fingerprint density at radius 1 is 1.34 bits per heavy atom. The van der Waals surface area contributed by atoms with E-state index in [9.17, 15) is 22.8 Å². The number of amides is 2. The number of carbonyl (C=O) groups is 2. The number of rotatable bonds is 5. The van der Waals surface area contributed by atoms with Gasteiger partial charge in [-0.2, -0.15) is 8.78 Å². The van der Waals surface area contributed by atoms with Crippen molar-refractivity contribution in [2.75, 3.05) is 23.5 Å². The van der Waals surface area contributed by atoms with Gasteiger partial charge in [-0.05, 0) is 18.2 Å². The molecule has 0 N–H and O–H groups in total. The van der Waals surface area contributed by atoms with Crippen molar-refractivity contribution in [2.45, 2.75) is 12.7 Å². The summed E-state index contributed by atoms with van der Waals surface area (Å²) in [5.74, 6) is -1.83. The molecule has 12 heteroatoms. The largest absolute Gasteiger partial charge is 0.446 e. The summed E-state index contributed by atoms with van der Waals surface area (Å²) in [4.78, 5) is 31.0. The molecule has 29 heavy (non-hydrogen) atoms. The van der Waals surface area contributed by atoms with Crippen LogP contribution in [0.3, 0.4) is 0 Å². The Morgan fingerprint density at radius 3 is 2.72 bits per heavy atom. The Hall–Kier alpha value is -2.72. The van der Waals surface area contributed by atoms with Crippen LogP contribution in [0.5, 0.6) is 5.75 Å². The average molecular weight is 450 g/mol. The van der Waals surface area contributed by atoms with Crippen molar-refractivity contribution in [3.63, 3.8) is 0 Å². The highest BCUT2D eigenvalue weighted by Gasteiger charge is 2.42. The number of aromatic nitrogens is 1. The van der Waals surface area contributed by atoms with Gasteiger partial charge in [-0.3, -0.25) is 4.79 Å². The highest BCUT2D eigenvalue weighted by Crippen LogP contribution is 2.30. The molecule has 0 unspecified atom stereocenters. The molecule has 1 aromatic heterocycles. The van der Waals surface area contributed by atoms with E-state index in [1.165, 1.54) is 19.2 Å². The lowest BCUT2D eigenvalue weighted by Crippen LogP contribution is -2.47. The third-order valence-corrected chi connectivity index (χ3v) is 4.49. The van der Waals surface area contributed by atoms with Crippen LogP contribution < -0.4 is 14.5 Å². The molecule has 0 bridgehead atoms. The maximum Gasteiger partial charge on any atom is 0.416 e. The molecule has 2 amide bonds. The molecular weight excluding hydrogens is 438 g/mol. The summed E-state index contributed by atoms with van der Waals surface area (Å²) in [6.45, 7) is -3.45. The molecule has 2 aromatic rings. The maximum absolute atomic E-state index is 13.4. The summed E-state index contributed by atoms with van der Waals surface area (Å²) in [5.41, 5.74) is 0.265. The summed E-state index contributed by atoms with van der Waals surface area (Å²) in [6.07, 6.45) is -0.924. The molecule has 154 valence electrons. The van der Waals surface area contributed by atoms with Crippen LogP contribution in [-0.4, -0.2) is 43.3 Å². The fourth-order valence-electron chi connectivity index (χ4n) is 2.66. The van der Waals surface area contributed by atoms with E-state index in [2.05, 4.69) is 9.72 Å². The lowest BCUT2D eigenvalue weighted by atomic mass is 10.2. The van der Waals surface area contributed by atoms with Gasteiger partial charge in [0.15, 0.2) is 6.04 Å². The number of ether oxygens (including phenoxy) is 2. The van der Waals surface area contributed by atoms with Crippen molar-refractivity contribution >= 4 is 46.7 Å². The van der Waals surface area contributed by atoms with Crippen molar-refractivity contribution in [1.82, 2.24) is 4.98 Å². The van der Waals surface area contributed by atoms with Crippen LogP contribution in [0.4, 0.5) is 29.5 Å². The number of alkyl halides is 2. The monoisotopic (exact) mass is 449 g/mol. The average Bonchev–Trinajstić information content (AvgIpc) is 3.03. The fraction of sp³-hybridized carbons (Fsp3) is 0.235. The van der Waals surface area contributed by atoms with Gasteiger partial charge in [-0.15, -0.1) is 0 Å². The van der Waals surface area contributed by atoms with Gasteiger partial charge in [-0.1, -0.05) is 23.2 Å². The van der Waals surface area contributed by atoms with Gasteiger partial charge in [-0.25, -0.2) is 19.1 Å². The number of hydrogen-bond acceptors (Lipinski definition) is 5. The molecule has 0 spiro atoms. The smallest absolute Gasteiger partial charge is 0.416 e. The molecule has 0 aliphatic carbocycles. The van der Waals surface area contributed by atoms with Crippen molar-refractivity contribution in [3.05, 3.63) is 46.3 Å². The summed E-state index contributed by atoms with van der Waals surface area (Å²) < 4.78 is 47.6. The van der Waals surface area contributed by atoms with E-state index < -0.39 is 30.5 Å². The number of carbonyl (C=O) groups excluding carboxylic acids is 2. The third kappa shape index (κ3) is 4.48. The lowest BCUT2D eigenvalue weighted by molar-refractivity contribution is -0.119. The zero-order valence-corrected chi connectivity index (χ0v) is 16.1. The first kappa shape index (κ1) is 21.0. The van der Waals surface area contributed by atoms with Crippen molar-refractivity contribution < 1.29 is 32.2 Å². The number of pyridine rings is 1. The molecule has 0 radical (unpaired) electrons. The number of likely N-dealkylation sites (N-methyl/N-ethyl adjacent to an activating group) is 1. The fourth-order valence-corrected chi connectivity index (χ4v) is 3.02. The van der Waals surface area contributed by atoms with E-state index in [0.717, 1.165) is 28.0 Å². The van der Waals surface area contributed by atoms with E-state index in [0.29, 0.717) is 0 Å². The van der Waals surface area contributed by atoms with Gasteiger partial charge in [0.05, 0.1) is 5.02 Å². The Kier molecular flexibility index (Phi) is 6.04. The normalized spacial score (nSPS) is 16.2. The van der Waals surface area contributed by atoms with Crippen LogP contribution in [0.1, 0.15) is 0 Å². The second-order valence-electron chi connectivity index (χ2n) is 5.82. The SMILES string of the molecule is CN(C(=O)[C@@H]1COC(=O)N1c1cc(OC(F)F)cc(Cl)n1)c1ccc(F)c(Cl)c1. The second-order valence-corrected chi connectivity index (χ2v) is 6.62. The van der Waals surface area contributed by atoms with Crippen molar-refractivity contribution in [3.8, 4) is 5.75 Å². The summed E-state index contributed by atoms with van der Waals surface area (Å²) in [7, 11) is 1.39.